The molecule has 0 radical (unpaired) electrons. The monoisotopic (exact) mass is 178 g/mol. The molecular weight excluding hydrogens is 172 g/mol. The molecule has 0 aromatic carbocycles. The van der Waals surface area contributed by atoms with E-state index in [1.54, 1.807) is 18.5 Å². The smallest absolute Gasteiger partial charge is 0.129 e. The number of rotatable bonds is 0. The van der Waals surface area contributed by atoms with Gasteiger partial charge in [0, 0.05) is 17.8 Å². The second kappa shape index (κ2) is 2.72. The SMILES string of the molecule is Cc1cncc2ccc(Cl)nc12. The van der Waals surface area contributed by atoms with Crippen molar-refractivity contribution in [3.05, 3.63) is 35.2 Å². The molecule has 0 bridgehead atoms. The van der Waals surface area contributed by atoms with Crippen LogP contribution < -0.4 is 0 Å². The molecule has 0 aliphatic heterocycles. The Hall–Kier alpha value is -1.15. The van der Waals surface area contributed by atoms with Crippen LogP contribution in [0.5, 0.6) is 0 Å². The Morgan fingerprint density at radius 3 is 2.92 bits per heavy atom. The molecule has 0 fully saturated rings. The Kier molecular flexibility index (Phi) is 1.70. The van der Waals surface area contributed by atoms with E-state index in [1.807, 2.05) is 13.0 Å². The van der Waals surface area contributed by atoms with E-state index in [0.717, 1.165) is 16.5 Å². The molecule has 2 aromatic heterocycles. The van der Waals surface area contributed by atoms with Crippen molar-refractivity contribution >= 4 is 22.5 Å². The summed E-state index contributed by atoms with van der Waals surface area (Å²) >= 11 is 5.76. The lowest BCUT2D eigenvalue weighted by molar-refractivity contribution is 1.27. The average Bonchev–Trinajstić information content (AvgIpc) is 2.07. The van der Waals surface area contributed by atoms with E-state index in [-0.39, 0.29) is 0 Å². The molecule has 2 nitrogen and oxygen atoms in total. The second-order valence-corrected chi connectivity index (χ2v) is 3.05. The second-order valence-electron chi connectivity index (χ2n) is 2.66. The number of fused-ring (bicyclic) bond motifs is 1. The molecule has 0 spiro atoms. The zero-order valence-electron chi connectivity index (χ0n) is 6.58. The number of pyridine rings is 2. The summed E-state index contributed by atoms with van der Waals surface area (Å²) in [6.45, 7) is 1.97. The highest BCUT2D eigenvalue weighted by Crippen LogP contribution is 2.16. The standard InChI is InChI=1S/C9H7ClN2/c1-6-4-11-5-7-2-3-8(10)12-9(6)7/h2-5H,1H3. The first-order chi connectivity index (χ1) is 5.77. The summed E-state index contributed by atoms with van der Waals surface area (Å²) in [5.74, 6) is 0. The van der Waals surface area contributed by atoms with Crippen LogP contribution in [0.2, 0.25) is 5.15 Å². The van der Waals surface area contributed by atoms with Crippen LogP contribution >= 0.6 is 11.6 Å². The van der Waals surface area contributed by atoms with Crippen molar-refractivity contribution in [2.45, 2.75) is 6.92 Å². The first-order valence-electron chi connectivity index (χ1n) is 3.64. The number of halogens is 1. The summed E-state index contributed by atoms with van der Waals surface area (Å²) in [4.78, 5) is 8.26. The highest BCUT2D eigenvalue weighted by Gasteiger charge is 1.98. The molecule has 2 aromatic rings. The van der Waals surface area contributed by atoms with E-state index in [4.69, 9.17) is 11.6 Å². The molecule has 0 saturated heterocycles. The molecular formula is C9H7ClN2. The third-order valence-electron chi connectivity index (χ3n) is 1.75. The fraction of sp³-hybridized carbons (Fsp3) is 0.111. The van der Waals surface area contributed by atoms with Crippen LogP contribution in [-0.2, 0) is 0 Å². The lowest BCUT2D eigenvalue weighted by Gasteiger charge is -1.99. The van der Waals surface area contributed by atoms with Gasteiger partial charge in [0.1, 0.15) is 5.15 Å². The van der Waals surface area contributed by atoms with E-state index >= 15 is 0 Å². The first-order valence-corrected chi connectivity index (χ1v) is 4.02. The third-order valence-corrected chi connectivity index (χ3v) is 1.96. The first kappa shape index (κ1) is 7.50. The van der Waals surface area contributed by atoms with E-state index in [9.17, 15) is 0 Å². The number of hydrogen-bond donors (Lipinski definition) is 0. The highest BCUT2D eigenvalue weighted by atomic mass is 35.5. The van der Waals surface area contributed by atoms with E-state index in [0.29, 0.717) is 5.15 Å². The van der Waals surface area contributed by atoms with Crippen LogP contribution in [0, 0.1) is 6.92 Å². The lowest BCUT2D eigenvalue weighted by atomic mass is 10.2. The molecule has 0 aliphatic carbocycles. The van der Waals surface area contributed by atoms with Crippen molar-refractivity contribution in [1.82, 2.24) is 9.97 Å². The largest absolute Gasteiger partial charge is 0.264 e. The lowest BCUT2D eigenvalue weighted by Crippen LogP contribution is -1.85. The molecule has 2 heterocycles. The third kappa shape index (κ3) is 1.14. The maximum atomic E-state index is 5.76. The molecule has 0 atom stereocenters. The maximum Gasteiger partial charge on any atom is 0.129 e. The maximum absolute atomic E-state index is 5.76. The Balaban J connectivity index is 2.88. The molecule has 0 saturated carbocycles. The minimum atomic E-state index is 0.525. The van der Waals surface area contributed by atoms with Crippen LogP contribution in [0.1, 0.15) is 5.56 Å². The summed E-state index contributed by atoms with van der Waals surface area (Å²) in [5.41, 5.74) is 1.98. The van der Waals surface area contributed by atoms with Crippen molar-refractivity contribution in [2.24, 2.45) is 0 Å². The van der Waals surface area contributed by atoms with Gasteiger partial charge in [-0.05, 0) is 24.6 Å². The summed E-state index contributed by atoms with van der Waals surface area (Å²) in [7, 11) is 0. The number of hydrogen-bond acceptors (Lipinski definition) is 2. The van der Waals surface area contributed by atoms with Crippen LogP contribution in [0.4, 0.5) is 0 Å². The van der Waals surface area contributed by atoms with Crippen LogP contribution in [0.3, 0.4) is 0 Å². The Labute approximate surface area is 75.2 Å². The zero-order valence-corrected chi connectivity index (χ0v) is 7.34. The van der Waals surface area contributed by atoms with Crippen molar-refractivity contribution in [3.8, 4) is 0 Å². The van der Waals surface area contributed by atoms with Gasteiger partial charge in [-0.15, -0.1) is 0 Å². The topological polar surface area (TPSA) is 25.8 Å². The fourth-order valence-corrected chi connectivity index (χ4v) is 1.30. The molecule has 2 rings (SSSR count). The minimum absolute atomic E-state index is 0.525. The highest BCUT2D eigenvalue weighted by molar-refractivity contribution is 6.29. The predicted molar refractivity (Wildman–Crippen MR) is 49.3 cm³/mol. The summed E-state index contributed by atoms with van der Waals surface area (Å²) in [5, 5.41) is 1.55. The Bertz CT molecular complexity index is 426. The van der Waals surface area contributed by atoms with Gasteiger partial charge in [0.15, 0.2) is 0 Å². The van der Waals surface area contributed by atoms with Crippen molar-refractivity contribution < 1.29 is 0 Å². The van der Waals surface area contributed by atoms with Crippen molar-refractivity contribution in [3.63, 3.8) is 0 Å². The van der Waals surface area contributed by atoms with Gasteiger partial charge >= 0.3 is 0 Å². The number of aryl methyl sites for hydroxylation is 1. The summed E-state index contributed by atoms with van der Waals surface area (Å²) in [6, 6.07) is 3.69. The fourth-order valence-electron chi connectivity index (χ4n) is 1.16. The van der Waals surface area contributed by atoms with E-state index < -0.39 is 0 Å². The number of aromatic nitrogens is 2. The number of nitrogens with zero attached hydrogens (tertiary/aromatic N) is 2. The summed E-state index contributed by atoms with van der Waals surface area (Å²) in [6.07, 6.45) is 3.57. The predicted octanol–water partition coefficient (Wildman–Crippen LogP) is 2.59. The molecule has 0 aliphatic rings. The molecule has 0 unspecified atom stereocenters. The average molecular weight is 179 g/mol. The molecule has 60 valence electrons. The van der Waals surface area contributed by atoms with Gasteiger partial charge in [-0.3, -0.25) is 4.98 Å². The minimum Gasteiger partial charge on any atom is -0.264 e. The molecule has 0 amide bonds. The van der Waals surface area contributed by atoms with Crippen LogP contribution in [-0.4, -0.2) is 9.97 Å². The zero-order chi connectivity index (χ0) is 8.55. The van der Waals surface area contributed by atoms with E-state index in [1.165, 1.54) is 0 Å². The van der Waals surface area contributed by atoms with Crippen molar-refractivity contribution in [1.29, 1.82) is 0 Å². The van der Waals surface area contributed by atoms with Crippen molar-refractivity contribution in [2.75, 3.05) is 0 Å². The van der Waals surface area contributed by atoms with E-state index in [2.05, 4.69) is 9.97 Å². The summed E-state index contributed by atoms with van der Waals surface area (Å²) < 4.78 is 0. The van der Waals surface area contributed by atoms with Crippen LogP contribution in [0.15, 0.2) is 24.5 Å². The Morgan fingerprint density at radius 2 is 2.08 bits per heavy atom. The van der Waals surface area contributed by atoms with Gasteiger partial charge < -0.3 is 0 Å². The Morgan fingerprint density at radius 1 is 1.25 bits per heavy atom. The van der Waals surface area contributed by atoms with Gasteiger partial charge in [0.2, 0.25) is 0 Å². The van der Waals surface area contributed by atoms with Gasteiger partial charge in [-0.1, -0.05) is 11.6 Å². The van der Waals surface area contributed by atoms with Gasteiger partial charge in [-0.25, -0.2) is 4.98 Å². The van der Waals surface area contributed by atoms with Gasteiger partial charge in [0.25, 0.3) is 0 Å². The molecule has 3 heteroatoms. The van der Waals surface area contributed by atoms with Crippen LogP contribution in [0.25, 0.3) is 10.9 Å². The molecule has 12 heavy (non-hydrogen) atoms. The normalized spacial score (nSPS) is 10.5. The van der Waals surface area contributed by atoms with Gasteiger partial charge in [0.05, 0.1) is 5.52 Å². The van der Waals surface area contributed by atoms with Gasteiger partial charge in [-0.2, -0.15) is 0 Å². The quantitative estimate of drug-likeness (QED) is 0.580. The molecule has 0 N–H and O–H groups in total.